The van der Waals surface area contributed by atoms with Crippen molar-refractivity contribution < 1.29 is 33.1 Å². The van der Waals surface area contributed by atoms with Gasteiger partial charge in [0, 0.05) is 11.5 Å². The molecule has 4 rings (SSSR count). The fourth-order valence-electron chi connectivity index (χ4n) is 3.75. The number of carbonyl (C=O) groups is 1. The van der Waals surface area contributed by atoms with Crippen molar-refractivity contribution in [2.24, 2.45) is 0 Å². The Labute approximate surface area is 200 Å². The van der Waals surface area contributed by atoms with Gasteiger partial charge in [-0.2, -0.15) is 10.2 Å². The Morgan fingerprint density at radius 2 is 2.06 bits per heavy atom. The molecule has 0 bridgehead atoms. The van der Waals surface area contributed by atoms with Crippen molar-refractivity contribution in [3.05, 3.63) is 71.6 Å². The molecule has 3 atom stereocenters. The maximum Gasteiger partial charge on any atom is 0.371 e. The molecule has 3 aromatic rings. The first-order valence-corrected chi connectivity index (χ1v) is 10.7. The van der Waals surface area contributed by atoms with Gasteiger partial charge in [0.1, 0.15) is 23.3 Å². The predicted octanol–water partition coefficient (Wildman–Crippen LogP) is 3.20. The Hall–Kier alpha value is -4.01. The van der Waals surface area contributed by atoms with Gasteiger partial charge in [0.25, 0.3) is 0 Å². The topological polar surface area (TPSA) is 140 Å². The first-order chi connectivity index (χ1) is 16.6. The van der Waals surface area contributed by atoms with E-state index in [1.165, 1.54) is 31.2 Å². The number of aliphatic hydroxyl groups is 1. The van der Waals surface area contributed by atoms with Gasteiger partial charge < -0.3 is 23.9 Å². The van der Waals surface area contributed by atoms with E-state index < -0.39 is 35.0 Å². The van der Waals surface area contributed by atoms with Crippen LogP contribution in [-0.2, 0) is 20.0 Å². The Morgan fingerprint density at radius 1 is 1.31 bits per heavy atom. The Bertz CT molecular complexity index is 1240. The highest BCUT2D eigenvalue weighted by Crippen LogP contribution is 2.42. The number of aliphatic hydroxyl groups excluding tert-OH is 1. The van der Waals surface area contributed by atoms with Crippen LogP contribution in [0.4, 0.5) is 10.1 Å². The van der Waals surface area contributed by atoms with Gasteiger partial charge in [-0.15, -0.1) is 0 Å². The van der Waals surface area contributed by atoms with Gasteiger partial charge >= 0.3 is 5.97 Å². The number of halogens is 1. The number of carbonyl (C=O) groups excluding carboxylic acids is 1. The van der Waals surface area contributed by atoms with Crippen LogP contribution >= 0.6 is 0 Å². The lowest BCUT2D eigenvalue weighted by Gasteiger charge is -2.42. The molecule has 10 nitrogen and oxygen atoms in total. The molecule has 35 heavy (non-hydrogen) atoms. The minimum absolute atomic E-state index is 0.102. The number of benzene rings is 2. The molecule has 0 amide bonds. The fraction of sp³-hybridized carbons (Fsp3) is 0.333. The van der Waals surface area contributed by atoms with Crippen LogP contribution in [0.5, 0.6) is 5.75 Å². The van der Waals surface area contributed by atoms with Gasteiger partial charge in [-0.25, -0.2) is 14.7 Å². The molecule has 0 aliphatic carbocycles. The highest BCUT2D eigenvalue weighted by molar-refractivity contribution is 5.80. The van der Waals surface area contributed by atoms with E-state index in [0.717, 1.165) is 6.39 Å². The Kier molecular flexibility index (Phi) is 6.43. The molecule has 182 valence electrons. The summed E-state index contributed by atoms with van der Waals surface area (Å²) in [6.07, 6.45) is 0.00486. The SMILES string of the molecule is CC(OCC1c2cc(C#N)ccc2OC(C)(C)C1O)(C(=O)ONc1ccc(F)cc1)c1ncon1. The van der Waals surface area contributed by atoms with Crippen LogP contribution in [0.3, 0.4) is 0 Å². The zero-order valence-corrected chi connectivity index (χ0v) is 19.2. The van der Waals surface area contributed by atoms with Crippen LogP contribution in [0.1, 0.15) is 43.6 Å². The second-order valence-corrected chi connectivity index (χ2v) is 8.72. The van der Waals surface area contributed by atoms with Crippen molar-refractivity contribution in [3.63, 3.8) is 0 Å². The van der Waals surface area contributed by atoms with E-state index in [1.807, 2.05) is 0 Å². The third kappa shape index (κ3) is 4.80. The third-order valence-electron chi connectivity index (χ3n) is 5.84. The van der Waals surface area contributed by atoms with E-state index in [0.29, 0.717) is 22.6 Å². The third-order valence-corrected chi connectivity index (χ3v) is 5.84. The second-order valence-electron chi connectivity index (χ2n) is 8.72. The van der Waals surface area contributed by atoms with Crippen molar-refractivity contribution >= 4 is 11.7 Å². The molecule has 0 saturated carbocycles. The fourth-order valence-corrected chi connectivity index (χ4v) is 3.75. The van der Waals surface area contributed by atoms with E-state index in [-0.39, 0.29) is 12.4 Å². The average Bonchev–Trinajstić information content (AvgIpc) is 3.39. The maximum absolute atomic E-state index is 13.1. The number of fused-ring (bicyclic) bond motifs is 1. The maximum atomic E-state index is 13.1. The summed E-state index contributed by atoms with van der Waals surface area (Å²) in [5.74, 6) is -1.62. The van der Waals surface area contributed by atoms with Crippen LogP contribution in [0.2, 0.25) is 0 Å². The molecule has 1 aliphatic heterocycles. The summed E-state index contributed by atoms with van der Waals surface area (Å²) in [7, 11) is 0. The summed E-state index contributed by atoms with van der Waals surface area (Å²) in [5, 5.41) is 24.1. The van der Waals surface area contributed by atoms with Gasteiger partial charge in [0.15, 0.2) is 0 Å². The molecule has 2 heterocycles. The van der Waals surface area contributed by atoms with Crippen LogP contribution in [0.15, 0.2) is 53.4 Å². The van der Waals surface area contributed by atoms with E-state index in [4.69, 9.17) is 18.8 Å². The minimum atomic E-state index is -1.84. The largest absolute Gasteiger partial charge is 0.485 e. The molecule has 1 aromatic heterocycles. The normalized spacial score (nSPS) is 20.0. The van der Waals surface area contributed by atoms with Crippen molar-refractivity contribution in [1.82, 2.24) is 10.1 Å². The van der Waals surface area contributed by atoms with Gasteiger partial charge in [0.05, 0.1) is 23.9 Å². The highest BCUT2D eigenvalue weighted by atomic mass is 19.1. The number of nitriles is 1. The zero-order valence-electron chi connectivity index (χ0n) is 19.2. The monoisotopic (exact) mass is 482 g/mol. The number of ether oxygens (including phenoxy) is 2. The number of aromatic nitrogens is 2. The van der Waals surface area contributed by atoms with Crippen LogP contribution in [0.25, 0.3) is 0 Å². The first-order valence-electron chi connectivity index (χ1n) is 10.7. The molecule has 0 fully saturated rings. The van der Waals surface area contributed by atoms with Crippen molar-refractivity contribution in [1.29, 1.82) is 5.26 Å². The molecule has 1 aliphatic rings. The summed E-state index contributed by atoms with van der Waals surface area (Å²) in [5.41, 5.74) is 0.904. The van der Waals surface area contributed by atoms with Gasteiger partial charge in [-0.05, 0) is 63.2 Å². The molecule has 0 radical (unpaired) electrons. The smallest absolute Gasteiger partial charge is 0.371 e. The van der Waals surface area contributed by atoms with Gasteiger partial charge in [-0.3, -0.25) is 0 Å². The summed E-state index contributed by atoms with van der Waals surface area (Å²) in [4.78, 5) is 22.2. The van der Waals surface area contributed by atoms with Crippen molar-refractivity contribution in [2.45, 2.75) is 44.0 Å². The van der Waals surface area contributed by atoms with Gasteiger partial charge in [0.2, 0.25) is 17.8 Å². The summed E-state index contributed by atoms with van der Waals surface area (Å²) >= 11 is 0. The van der Waals surface area contributed by atoms with Crippen LogP contribution in [0, 0.1) is 17.1 Å². The van der Waals surface area contributed by atoms with Crippen molar-refractivity contribution in [2.75, 3.05) is 12.1 Å². The molecule has 2 N–H and O–H groups in total. The summed E-state index contributed by atoms with van der Waals surface area (Å²) in [6.45, 7) is 4.68. The van der Waals surface area contributed by atoms with E-state index in [2.05, 4.69) is 21.7 Å². The number of hydrogen-bond donors (Lipinski definition) is 2. The Balaban J connectivity index is 1.59. The standard InChI is InChI=1S/C24H23FN4O6/c1-23(2)20(30)18(17-10-14(11-26)4-9-19(17)34-23)12-32-24(3,21-27-13-33-29-21)22(31)35-28-16-7-5-15(25)6-8-16/h4-10,13,18,20,28,30H,12H2,1-3H3. The van der Waals surface area contributed by atoms with E-state index in [9.17, 15) is 19.6 Å². The van der Waals surface area contributed by atoms with Gasteiger partial charge in [-0.1, -0.05) is 5.16 Å². The number of rotatable bonds is 7. The average molecular weight is 482 g/mol. The summed E-state index contributed by atoms with van der Waals surface area (Å²) in [6, 6.07) is 12.1. The number of nitrogens with one attached hydrogen (secondary N) is 1. The predicted molar refractivity (Wildman–Crippen MR) is 118 cm³/mol. The lowest BCUT2D eigenvalue weighted by molar-refractivity contribution is -0.174. The molecular weight excluding hydrogens is 459 g/mol. The highest BCUT2D eigenvalue weighted by Gasteiger charge is 2.47. The molecule has 0 saturated heterocycles. The van der Waals surface area contributed by atoms with Crippen molar-refractivity contribution in [3.8, 4) is 11.8 Å². The lowest BCUT2D eigenvalue weighted by Crippen LogP contribution is -2.51. The van der Waals surface area contributed by atoms with E-state index >= 15 is 0 Å². The van der Waals surface area contributed by atoms with Crippen LogP contribution < -0.4 is 10.2 Å². The quantitative estimate of drug-likeness (QED) is 0.483. The second kappa shape index (κ2) is 9.32. The first kappa shape index (κ1) is 24.1. The molecule has 0 spiro atoms. The number of nitrogens with zero attached hydrogens (tertiary/aromatic N) is 3. The number of anilines is 1. The molecule has 3 unspecified atom stereocenters. The number of hydrogen-bond acceptors (Lipinski definition) is 10. The zero-order chi connectivity index (χ0) is 25.2. The molecule has 2 aromatic carbocycles. The van der Waals surface area contributed by atoms with Crippen LogP contribution in [-0.4, -0.2) is 39.5 Å². The summed E-state index contributed by atoms with van der Waals surface area (Å²) < 4.78 is 29.9. The molecule has 11 heteroatoms. The Morgan fingerprint density at radius 3 is 2.71 bits per heavy atom. The van der Waals surface area contributed by atoms with E-state index in [1.54, 1.807) is 32.0 Å². The lowest BCUT2D eigenvalue weighted by atomic mass is 9.81. The molecular formula is C24H23FN4O6. The minimum Gasteiger partial charge on any atom is -0.485 e.